The predicted octanol–water partition coefficient (Wildman–Crippen LogP) is 8.50. The molecule has 2 nitrogen and oxygen atoms in total. The van der Waals surface area contributed by atoms with Crippen molar-refractivity contribution >= 4 is 57.1 Å². The van der Waals surface area contributed by atoms with E-state index in [1.807, 2.05) is 17.8 Å². The van der Waals surface area contributed by atoms with Gasteiger partial charge in [0.1, 0.15) is 9.40 Å². The molecule has 4 aromatic rings. The SMILES string of the molecule is Cc1ccccc1N=C1Sc2c(sc(=S)n2-c2ccccc2C)C(c2ccccc2)S1. The first-order valence-electron chi connectivity index (χ1n) is 9.97. The fourth-order valence-corrected chi connectivity index (χ4v) is 8.07. The van der Waals surface area contributed by atoms with Crippen LogP contribution in [-0.2, 0) is 0 Å². The number of aromatic nitrogens is 1. The minimum atomic E-state index is 0.178. The van der Waals surface area contributed by atoms with Gasteiger partial charge in [0, 0.05) is 0 Å². The van der Waals surface area contributed by atoms with Crippen LogP contribution in [0.3, 0.4) is 0 Å². The highest BCUT2D eigenvalue weighted by molar-refractivity contribution is 8.39. The topological polar surface area (TPSA) is 17.3 Å². The maximum absolute atomic E-state index is 5.87. The summed E-state index contributed by atoms with van der Waals surface area (Å²) in [7, 11) is 0. The molecule has 1 atom stereocenters. The average molecular weight is 477 g/mol. The van der Waals surface area contributed by atoms with Gasteiger partial charge in [0.15, 0.2) is 3.95 Å². The molecule has 0 bridgehead atoms. The molecule has 0 saturated heterocycles. The van der Waals surface area contributed by atoms with E-state index in [-0.39, 0.29) is 5.25 Å². The number of benzene rings is 3. The number of para-hydroxylation sites is 2. The second-order valence-corrected chi connectivity index (χ2v) is 11.3. The third kappa shape index (κ3) is 4.05. The van der Waals surface area contributed by atoms with Crippen molar-refractivity contribution in [3.63, 3.8) is 0 Å². The van der Waals surface area contributed by atoms with Gasteiger partial charge in [-0.15, -0.1) is 11.3 Å². The van der Waals surface area contributed by atoms with E-state index in [4.69, 9.17) is 17.2 Å². The van der Waals surface area contributed by atoms with Crippen molar-refractivity contribution in [3.05, 3.63) is 104 Å². The molecule has 0 fully saturated rings. The van der Waals surface area contributed by atoms with Gasteiger partial charge in [-0.1, -0.05) is 78.5 Å². The van der Waals surface area contributed by atoms with Crippen LogP contribution in [0.5, 0.6) is 0 Å². The molecular formula is C25H20N2S4. The molecule has 0 spiro atoms. The Morgan fingerprint density at radius 3 is 2.26 bits per heavy atom. The first-order chi connectivity index (χ1) is 15.1. The molecule has 0 radical (unpaired) electrons. The number of aliphatic imine (C=N–C) groups is 1. The fourth-order valence-electron chi connectivity index (χ4n) is 3.60. The van der Waals surface area contributed by atoms with Gasteiger partial charge >= 0.3 is 0 Å². The minimum absolute atomic E-state index is 0.178. The molecule has 0 amide bonds. The molecule has 0 aliphatic carbocycles. The smallest absolute Gasteiger partial charge is 0.166 e. The molecule has 1 aliphatic heterocycles. The molecule has 1 aliphatic rings. The van der Waals surface area contributed by atoms with E-state index in [0.29, 0.717) is 0 Å². The van der Waals surface area contributed by atoms with Gasteiger partial charge in [-0.2, -0.15) is 0 Å². The zero-order chi connectivity index (χ0) is 21.4. The van der Waals surface area contributed by atoms with Crippen molar-refractivity contribution < 1.29 is 0 Å². The quantitative estimate of drug-likeness (QED) is 0.276. The zero-order valence-corrected chi connectivity index (χ0v) is 20.4. The van der Waals surface area contributed by atoms with Crippen molar-refractivity contribution in [1.29, 1.82) is 0 Å². The number of nitrogens with zero attached hydrogens (tertiary/aromatic N) is 2. The Morgan fingerprint density at radius 1 is 0.839 bits per heavy atom. The van der Waals surface area contributed by atoms with Gasteiger partial charge in [-0.25, -0.2) is 4.99 Å². The predicted molar refractivity (Wildman–Crippen MR) is 139 cm³/mol. The average Bonchev–Trinajstić information content (AvgIpc) is 3.11. The first kappa shape index (κ1) is 20.8. The molecule has 5 rings (SSSR count). The summed E-state index contributed by atoms with van der Waals surface area (Å²) in [4.78, 5) is 6.36. The monoisotopic (exact) mass is 476 g/mol. The Morgan fingerprint density at radius 2 is 1.52 bits per heavy atom. The van der Waals surface area contributed by atoms with E-state index in [1.165, 1.54) is 26.6 Å². The molecule has 2 heterocycles. The summed E-state index contributed by atoms with van der Waals surface area (Å²) in [5.41, 5.74) is 5.83. The normalized spacial score (nSPS) is 17.0. The molecule has 6 heteroatoms. The van der Waals surface area contributed by atoms with Gasteiger partial charge in [-0.05, 0) is 66.7 Å². The number of aryl methyl sites for hydroxylation is 2. The van der Waals surface area contributed by atoms with Gasteiger partial charge in [0.05, 0.1) is 21.5 Å². The second-order valence-electron chi connectivity index (χ2n) is 7.33. The van der Waals surface area contributed by atoms with E-state index >= 15 is 0 Å². The van der Waals surface area contributed by atoms with Crippen molar-refractivity contribution in [2.75, 3.05) is 0 Å². The molecule has 1 aromatic heterocycles. The molecule has 0 N–H and O–H groups in total. The Bertz CT molecular complexity index is 1340. The summed E-state index contributed by atoms with van der Waals surface area (Å²) < 4.78 is 4.16. The van der Waals surface area contributed by atoms with Crippen LogP contribution in [0.4, 0.5) is 5.69 Å². The van der Waals surface area contributed by atoms with E-state index in [2.05, 4.69) is 91.2 Å². The lowest BCUT2D eigenvalue weighted by molar-refractivity contribution is 0.907. The van der Waals surface area contributed by atoms with Crippen LogP contribution < -0.4 is 0 Å². The maximum Gasteiger partial charge on any atom is 0.166 e. The molecular weight excluding hydrogens is 457 g/mol. The first-order valence-corrected chi connectivity index (χ1v) is 12.9. The maximum atomic E-state index is 5.87. The number of thioether (sulfide) groups is 2. The number of fused-ring (bicyclic) bond motifs is 1. The number of thiazole rings is 1. The van der Waals surface area contributed by atoms with Crippen LogP contribution in [0.2, 0.25) is 0 Å². The van der Waals surface area contributed by atoms with Crippen molar-refractivity contribution in [3.8, 4) is 5.69 Å². The summed E-state index contributed by atoms with van der Waals surface area (Å²) in [6.45, 7) is 4.25. The van der Waals surface area contributed by atoms with Gasteiger partial charge in [0.25, 0.3) is 0 Å². The van der Waals surface area contributed by atoms with Crippen LogP contribution in [0, 0.1) is 17.8 Å². The Balaban J connectivity index is 1.70. The molecule has 3 aromatic carbocycles. The largest absolute Gasteiger partial charge is 0.285 e. The summed E-state index contributed by atoms with van der Waals surface area (Å²) in [6, 6.07) is 27.4. The Hall–Kier alpha value is -2.12. The lowest BCUT2D eigenvalue weighted by atomic mass is 10.1. The highest BCUT2D eigenvalue weighted by atomic mass is 32.2. The van der Waals surface area contributed by atoms with Crippen molar-refractivity contribution in [1.82, 2.24) is 4.57 Å². The van der Waals surface area contributed by atoms with Gasteiger partial charge in [-0.3, -0.25) is 4.57 Å². The van der Waals surface area contributed by atoms with Crippen LogP contribution in [0.25, 0.3) is 5.69 Å². The zero-order valence-electron chi connectivity index (χ0n) is 17.1. The Labute approximate surface area is 200 Å². The lowest BCUT2D eigenvalue weighted by Crippen LogP contribution is -2.09. The number of hydrogen-bond donors (Lipinski definition) is 0. The molecule has 0 saturated carbocycles. The van der Waals surface area contributed by atoms with Crippen LogP contribution in [0.15, 0.2) is 88.9 Å². The number of hydrogen-bond acceptors (Lipinski definition) is 5. The lowest BCUT2D eigenvalue weighted by Gasteiger charge is -2.24. The summed E-state index contributed by atoms with van der Waals surface area (Å²) >= 11 is 11.1. The molecule has 31 heavy (non-hydrogen) atoms. The van der Waals surface area contributed by atoms with Crippen LogP contribution in [-0.4, -0.2) is 8.94 Å². The molecule has 1 unspecified atom stereocenters. The van der Waals surface area contributed by atoms with E-state index in [0.717, 1.165) is 19.7 Å². The Kier molecular flexibility index (Phi) is 5.89. The molecule has 154 valence electrons. The fraction of sp³-hybridized carbons (Fsp3) is 0.120. The summed E-state index contributed by atoms with van der Waals surface area (Å²) in [6.07, 6.45) is 0. The third-order valence-corrected chi connectivity index (χ3v) is 9.37. The third-order valence-electron chi connectivity index (χ3n) is 5.22. The number of rotatable bonds is 3. The van der Waals surface area contributed by atoms with Gasteiger partial charge < -0.3 is 0 Å². The highest BCUT2D eigenvalue weighted by Crippen LogP contribution is 2.53. The van der Waals surface area contributed by atoms with Crippen LogP contribution in [0.1, 0.15) is 26.8 Å². The standard InChI is InChI=1S/C25H20N2S4/c1-16-10-6-8-14-19(16)26-24-29-21(18-12-4-3-5-13-18)22-23(31-24)27(25(28)30-22)20-15-9-7-11-17(20)2/h3-15,21H,1-2H3. The highest BCUT2D eigenvalue weighted by Gasteiger charge is 2.32. The van der Waals surface area contributed by atoms with E-state index in [9.17, 15) is 0 Å². The summed E-state index contributed by atoms with van der Waals surface area (Å²) in [5, 5.41) is 1.36. The van der Waals surface area contributed by atoms with Crippen molar-refractivity contribution in [2.24, 2.45) is 4.99 Å². The van der Waals surface area contributed by atoms with E-state index in [1.54, 1.807) is 23.1 Å². The summed E-state index contributed by atoms with van der Waals surface area (Å²) in [5.74, 6) is 0. The van der Waals surface area contributed by atoms with Gasteiger partial charge in [0.2, 0.25) is 0 Å². The van der Waals surface area contributed by atoms with Crippen molar-refractivity contribution in [2.45, 2.75) is 24.1 Å². The van der Waals surface area contributed by atoms with E-state index < -0.39 is 0 Å². The van der Waals surface area contributed by atoms with Crippen LogP contribution >= 0.6 is 47.1 Å². The second kappa shape index (κ2) is 8.79. The minimum Gasteiger partial charge on any atom is -0.285 e.